The number of benzene rings is 2. The molecule has 0 spiro atoms. The Bertz CT molecular complexity index is 862. The van der Waals surface area contributed by atoms with E-state index >= 15 is 0 Å². The topological polar surface area (TPSA) is 108 Å². The molecular weight excluding hydrogens is 444 g/mol. The quantitative estimate of drug-likeness (QED) is 0.428. The zero-order valence-electron chi connectivity index (χ0n) is 21.5. The van der Waals surface area contributed by atoms with Gasteiger partial charge in [0.25, 0.3) is 5.91 Å². The van der Waals surface area contributed by atoms with Crippen LogP contribution in [0, 0.1) is 5.92 Å². The molecule has 1 saturated carbocycles. The molecule has 2 aromatic carbocycles. The minimum Gasteiger partial charge on any atom is -0.496 e. The summed E-state index contributed by atoms with van der Waals surface area (Å²) >= 11 is 0. The SMILES string of the molecule is CC(C)C.COc1ccccc1C(=O)NCC1(c2ccccc2)CCCCC1.O=C(O)NCCO. The maximum atomic E-state index is 12.6. The number of hydrogen-bond acceptors (Lipinski definition) is 4. The number of rotatable bonds is 7. The predicted molar refractivity (Wildman–Crippen MR) is 140 cm³/mol. The van der Waals surface area contributed by atoms with Crippen LogP contribution in [0.25, 0.3) is 0 Å². The number of aliphatic hydroxyl groups is 1. The van der Waals surface area contributed by atoms with Gasteiger partial charge in [0.05, 0.1) is 19.3 Å². The average molecular weight is 487 g/mol. The number of methoxy groups -OCH3 is 1. The van der Waals surface area contributed by atoms with E-state index in [1.54, 1.807) is 7.11 Å². The van der Waals surface area contributed by atoms with E-state index in [0.717, 1.165) is 18.8 Å². The molecule has 0 bridgehead atoms. The Kier molecular flexibility index (Phi) is 14.2. The van der Waals surface area contributed by atoms with Crippen LogP contribution in [-0.4, -0.2) is 49.0 Å². The first-order valence-corrected chi connectivity index (χ1v) is 12.3. The third-order valence-electron chi connectivity index (χ3n) is 5.52. The molecule has 0 radical (unpaired) electrons. The molecule has 0 aliphatic heterocycles. The minimum atomic E-state index is -1.10. The third-order valence-corrected chi connectivity index (χ3v) is 5.52. The van der Waals surface area contributed by atoms with Crippen molar-refractivity contribution in [2.75, 3.05) is 26.8 Å². The molecule has 3 rings (SSSR count). The summed E-state index contributed by atoms with van der Waals surface area (Å²) in [5.41, 5.74) is 1.99. The van der Waals surface area contributed by atoms with E-state index in [-0.39, 0.29) is 24.5 Å². The van der Waals surface area contributed by atoms with Gasteiger partial charge in [-0.25, -0.2) is 4.79 Å². The Balaban J connectivity index is 0.000000468. The number of nitrogens with one attached hydrogen (secondary N) is 2. The molecule has 1 aliphatic rings. The van der Waals surface area contributed by atoms with Gasteiger partial charge in [0.15, 0.2) is 0 Å². The van der Waals surface area contributed by atoms with Crippen molar-refractivity contribution in [2.45, 2.75) is 58.3 Å². The zero-order chi connectivity index (χ0) is 26.1. The van der Waals surface area contributed by atoms with E-state index in [2.05, 4.69) is 50.4 Å². The summed E-state index contributed by atoms with van der Waals surface area (Å²) in [6.45, 7) is 7.13. The largest absolute Gasteiger partial charge is 0.496 e. The molecule has 2 aromatic rings. The lowest BCUT2D eigenvalue weighted by Gasteiger charge is -2.38. The van der Waals surface area contributed by atoms with Gasteiger partial charge >= 0.3 is 6.09 Å². The van der Waals surface area contributed by atoms with Crippen molar-refractivity contribution in [3.63, 3.8) is 0 Å². The molecule has 0 unspecified atom stereocenters. The second-order valence-electron chi connectivity index (χ2n) is 9.28. The molecule has 194 valence electrons. The Hall–Kier alpha value is -3.06. The number of para-hydroxylation sites is 1. The van der Waals surface area contributed by atoms with Gasteiger partial charge in [-0.1, -0.05) is 82.5 Å². The molecular formula is C28H42N2O5. The van der Waals surface area contributed by atoms with E-state index < -0.39 is 6.09 Å². The number of carboxylic acid groups (broad SMARTS) is 1. The van der Waals surface area contributed by atoms with E-state index in [1.807, 2.05) is 35.6 Å². The molecule has 1 aliphatic carbocycles. The smallest absolute Gasteiger partial charge is 0.404 e. The van der Waals surface area contributed by atoms with Crippen molar-refractivity contribution in [3.05, 3.63) is 65.7 Å². The van der Waals surface area contributed by atoms with Crippen LogP contribution in [0.5, 0.6) is 5.75 Å². The standard InChI is InChI=1S/C21H25NO2.C4H10.C3H7NO3/c1-24-19-13-7-6-12-18(19)20(23)22-16-21(14-8-3-9-15-21)17-10-4-2-5-11-17;1-4(2)3;5-2-1-4-3(6)7/h2,4-7,10-13H,3,8-9,14-16H2,1H3,(H,22,23);4H,1-3H3;4-5H,1-2H2,(H,6,7). The minimum absolute atomic E-state index is 0.0528. The molecule has 7 heteroatoms. The van der Waals surface area contributed by atoms with Crippen molar-refractivity contribution in [1.29, 1.82) is 0 Å². The molecule has 4 N–H and O–H groups in total. The first-order valence-electron chi connectivity index (χ1n) is 12.3. The lowest BCUT2D eigenvalue weighted by Crippen LogP contribution is -2.42. The number of amides is 2. The van der Waals surface area contributed by atoms with Crippen molar-refractivity contribution in [1.82, 2.24) is 10.6 Å². The molecule has 0 saturated heterocycles. The first-order chi connectivity index (χ1) is 16.8. The summed E-state index contributed by atoms with van der Waals surface area (Å²) in [7, 11) is 1.60. The maximum absolute atomic E-state index is 12.6. The number of carbonyl (C=O) groups is 2. The molecule has 0 atom stereocenters. The van der Waals surface area contributed by atoms with Gasteiger partial charge in [0.2, 0.25) is 0 Å². The highest BCUT2D eigenvalue weighted by molar-refractivity contribution is 5.96. The summed E-state index contributed by atoms with van der Waals surface area (Å²) < 4.78 is 5.31. The zero-order valence-corrected chi connectivity index (χ0v) is 21.5. The van der Waals surface area contributed by atoms with Crippen molar-refractivity contribution in [2.24, 2.45) is 5.92 Å². The van der Waals surface area contributed by atoms with Crippen molar-refractivity contribution < 1.29 is 24.5 Å². The number of carbonyl (C=O) groups excluding carboxylic acids is 1. The number of ether oxygens (including phenoxy) is 1. The second-order valence-corrected chi connectivity index (χ2v) is 9.28. The van der Waals surface area contributed by atoms with Crippen LogP contribution in [0.1, 0.15) is 68.8 Å². The fraction of sp³-hybridized carbons (Fsp3) is 0.500. The van der Waals surface area contributed by atoms with E-state index in [4.69, 9.17) is 14.9 Å². The van der Waals surface area contributed by atoms with Crippen LogP contribution >= 0.6 is 0 Å². The summed E-state index contributed by atoms with van der Waals surface area (Å²) in [4.78, 5) is 22.2. The van der Waals surface area contributed by atoms with Gasteiger partial charge in [-0.2, -0.15) is 0 Å². The fourth-order valence-corrected chi connectivity index (χ4v) is 3.93. The summed E-state index contributed by atoms with van der Waals surface area (Å²) in [6, 6.07) is 18.0. The lowest BCUT2D eigenvalue weighted by atomic mass is 9.69. The first kappa shape index (κ1) is 30.0. The predicted octanol–water partition coefficient (Wildman–Crippen LogP) is 5.24. The molecule has 35 heavy (non-hydrogen) atoms. The van der Waals surface area contributed by atoms with Gasteiger partial charge in [-0.05, 0) is 36.5 Å². The Morgan fingerprint density at radius 2 is 1.51 bits per heavy atom. The van der Waals surface area contributed by atoms with Crippen molar-refractivity contribution >= 4 is 12.0 Å². The normalized spacial score (nSPS) is 13.9. The van der Waals surface area contributed by atoms with Crippen LogP contribution in [0.2, 0.25) is 0 Å². The molecule has 7 nitrogen and oxygen atoms in total. The molecule has 0 aromatic heterocycles. The maximum Gasteiger partial charge on any atom is 0.404 e. The van der Waals surface area contributed by atoms with Crippen LogP contribution in [0.3, 0.4) is 0 Å². The summed E-state index contributed by atoms with van der Waals surface area (Å²) in [6.07, 6.45) is 4.88. The molecule has 1 fully saturated rings. The molecule has 2 amide bonds. The van der Waals surface area contributed by atoms with E-state index in [9.17, 15) is 9.59 Å². The Morgan fingerprint density at radius 1 is 0.943 bits per heavy atom. The Labute approximate surface area is 209 Å². The van der Waals surface area contributed by atoms with Gasteiger partial charge < -0.3 is 25.6 Å². The summed E-state index contributed by atoms with van der Waals surface area (Å²) in [5, 5.41) is 20.9. The third kappa shape index (κ3) is 11.3. The van der Waals surface area contributed by atoms with E-state index in [1.165, 1.54) is 24.8 Å². The summed E-state index contributed by atoms with van der Waals surface area (Å²) in [5.74, 6) is 1.39. The highest BCUT2D eigenvalue weighted by Crippen LogP contribution is 2.39. The second kappa shape index (κ2) is 16.5. The number of hydrogen-bond donors (Lipinski definition) is 4. The van der Waals surface area contributed by atoms with Gasteiger partial charge in [0, 0.05) is 18.5 Å². The highest BCUT2D eigenvalue weighted by atomic mass is 16.5. The monoisotopic (exact) mass is 486 g/mol. The number of aliphatic hydroxyl groups excluding tert-OH is 1. The van der Waals surface area contributed by atoms with Gasteiger partial charge in [-0.3, -0.25) is 4.79 Å². The molecule has 0 heterocycles. The Morgan fingerprint density at radius 3 is 2.03 bits per heavy atom. The lowest BCUT2D eigenvalue weighted by molar-refractivity contribution is 0.0933. The van der Waals surface area contributed by atoms with Crippen LogP contribution in [0.15, 0.2) is 54.6 Å². The van der Waals surface area contributed by atoms with Crippen molar-refractivity contribution in [3.8, 4) is 5.75 Å². The highest BCUT2D eigenvalue weighted by Gasteiger charge is 2.34. The van der Waals surface area contributed by atoms with E-state index in [0.29, 0.717) is 17.9 Å². The fourth-order valence-electron chi connectivity index (χ4n) is 3.93. The van der Waals surface area contributed by atoms with Crippen LogP contribution in [0.4, 0.5) is 4.79 Å². The average Bonchev–Trinajstić information content (AvgIpc) is 2.87. The van der Waals surface area contributed by atoms with Gasteiger partial charge in [0.1, 0.15) is 5.75 Å². The van der Waals surface area contributed by atoms with Crippen LogP contribution < -0.4 is 15.4 Å². The van der Waals surface area contributed by atoms with Gasteiger partial charge in [-0.15, -0.1) is 0 Å². The van der Waals surface area contributed by atoms with Crippen LogP contribution in [-0.2, 0) is 5.41 Å².